The summed E-state index contributed by atoms with van der Waals surface area (Å²) in [4.78, 5) is 24.2. The third-order valence-electron chi connectivity index (χ3n) is 3.61. The number of halogens is 2. The van der Waals surface area contributed by atoms with E-state index in [1.54, 1.807) is 37.3 Å². The number of carbonyl (C=O) groups is 2. The van der Waals surface area contributed by atoms with Crippen LogP contribution in [-0.4, -0.2) is 31.6 Å². The number of hydrogen-bond acceptors (Lipinski definition) is 5. The Bertz CT molecular complexity index is 862. The largest absolute Gasteiger partial charge is 0.493 e. The van der Waals surface area contributed by atoms with Crippen LogP contribution in [0, 0.1) is 6.92 Å². The predicted molar refractivity (Wildman–Crippen MR) is 99.7 cm³/mol. The molecule has 0 aliphatic rings. The molecule has 2 rings (SSSR count). The second-order valence-corrected chi connectivity index (χ2v) is 5.71. The van der Waals surface area contributed by atoms with Crippen molar-refractivity contribution in [2.45, 2.75) is 20.5 Å². The first-order valence-corrected chi connectivity index (χ1v) is 8.56. The first-order chi connectivity index (χ1) is 13.4. The Morgan fingerprint density at radius 1 is 1.11 bits per heavy atom. The van der Waals surface area contributed by atoms with Gasteiger partial charge in [-0.15, -0.1) is 0 Å². The van der Waals surface area contributed by atoms with E-state index in [0.717, 1.165) is 6.08 Å². The molecule has 7 heteroatoms. The smallest absolute Gasteiger partial charge is 0.387 e. The molecular formula is C21H20F2O5. The minimum atomic E-state index is -3.06. The van der Waals surface area contributed by atoms with Gasteiger partial charge in [-0.05, 0) is 38.1 Å². The maximum Gasteiger partial charge on any atom is 0.387 e. The van der Waals surface area contributed by atoms with E-state index in [1.165, 1.54) is 18.2 Å². The molecule has 2 aromatic carbocycles. The fraction of sp³-hybridized carbons (Fsp3) is 0.238. The summed E-state index contributed by atoms with van der Waals surface area (Å²) in [5.41, 5.74) is 1.29. The summed E-state index contributed by atoms with van der Waals surface area (Å²) in [6.07, 6.45) is 2.67. The molecule has 148 valence electrons. The molecule has 5 nitrogen and oxygen atoms in total. The second-order valence-electron chi connectivity index (χ2n) is 5.71. The van der Waals surface area contributed by atoms with Crippen LogP contribution in [0.5, 0.6) is 11.5 Å². The summed E-state index contributed by atoms with van der Waals surface area (Å²) < 4.78 is 39.7. The van der Waals surface area contributed by atoms with Crippen LogP contribution in [0.2, 0.25) is 0 Å². The molecule has 0 N–H and O–H groups in total. The number of rotatable bonds is 9. The van der Waals surface area contributed by atoms with Crippen LogP contribution in [-0.2, 0) is 9.53 Å². The first-order valence-electron chi connectivity index (χ1n) is 8.56. The van der Waals surface area contributed by atoms with Gasteiger partial charge in [-0.2, -0.15) is 8.78 Å². The molecule has 0 atom stereocenters. The lowest BCUT2D eigenvalue weighted by molar-refractivity contribution is -0.136. The predicted octanol–water partition coefficient (Wildman–Crippen LogP) is 4.43. The van der Waals surface area contributed by atoms with Crippen LogP contribution < -0.4 is 9.47 Å². The van der Waals surface area contributed by atoms with Crippen molar-refractivity contribution in [2.75, 3.05) is 13.2 Å². The number of carbonyl (C=O) groups excluding carboxylic acids is 2. The normalized spacial score (nSPS) is 10.9. The lowest BCUT2D eigenvalue weighted by atomic mass is 10.1. The molecule has 0 fully saturated rings. The highest BCUT2D eigenvalue weighted by molar-refractivity contribution is 6.01. The number of hydrogen-bond donors (Lipinski definition) is 0. The van der Waals surface area contributed by atoms with Gasteiger partial charge in [0.15, 0.2) is 6.61 Å². The van der Waals surface area contributed by atoms with Gasteiger partial charge >= 0.3 is 12.6 Å². The van der Waals surface area contributed by atoms with Crippen LogP contribution in [0.1, 0.15) is 28.4 Å². The Kier molecular flexibility index (Phi) is 7.68. The highest BCUT2D eigenvalue weighted by Gasteiger charge is 2.17. The molecule has 0 unspecified atom stereocenters. The number of para-hydroxylation sites is 1. The van der Waals surface area contributed by atoms with Crippen LogP contribution >= 0.6 is 0 Å². The molecule has 0 aliphatic heterocycles. The Morgan fingerprint density at radius 3 is 2.57 bits per heavy atom. The van der Waals surface area contributed by atoms with E-state index in [9.17, 15) is 18.4 Å². The summed E-state index contributed by atoms with van der Waals surface area (Å²) >= 11 is 0. The van der Waals surface area contributed by atoms with E-state index >= 15 is 0 Å². The Labute approximate surface area is 161 Å². The molecular weight excluding hydrogens is 370 g/mol. The molecule has 0 spiro atoms. The minimum absolute atomic E-state index is 0.0706. The topological polar surface area (TPSA) is 61.8 Å². The van der Waals surface area contributed by atoms with Crippen molar-refractivity contribution >= 4 is 17.8 Å². The Morgan fingerprint density at radius 2 is 1.86 bits per heavy atom. The molecule has 0 heterocycles. The molecule has 0 radical (unpaired) electrons. The van der Waals surface area contributed by atoms with Crippen LogP contribution in [0.15, 0.2) is 48.5 Å². The zero-order valence-electron chi connectivity index (χ0n) is 15.5. The molecule has 0 bridgehead atoms. The number of benzene rings is 2. The van der Waals surface area contributed by atoms with Crippen LogP contribution in [0.3, 0.4) is 0 Å². The number of Topliss-reactive ketones (excluding diaryl/α,β-unsaturated/α-hetero) is 1. The van der Waals surface area contributed by atoms with Gasteiger partial charge in [0.2, 0.25) is 5.78 Å². The lowest BCUT2D eigenvalue weighted by Crippen LogP contribution is -2.15. The van der Waals surface area contributed by atoms with Crippen molar-refractivity contribution in [3.63, 3.8) is 0 Å². The average Bonchev–Trinajstić information content (AvgIpc) is 2.66. The van der Waals surface area contributed by atoms with Gasteiger partial charge in [-0.1, -0.05) is 29.8 Å². The molecule has 0 amide bonds. The quantitative estimate of drug-likeness (QED) is 0.360. The van der Waals surface area contributed by atoms with E-state index in [1.807, 2.05) is 6.92 Å². The first kappa shape index (κ1) is 21.1. The molecule has 0 aliphatic carbocycles. The fourth-order valence-electron chi connectivity index (χ4n) is 2.39. The van der Waals surface area contributed by atoms with Gasteiger partial charge in [0, 0.05) is 11.6 Å². The van der Waals surface area contributed by atoms with E-state index in [-0.39, 0.29) is 11.3 Å². The van der Waals surface area contributed by atoms with Crippen molar-refractivity contribution < 1.29 is 32.6 Å². The van der Waals surface area contributed by atoms with Crippen LogP contribution in [0.4, 0.5) is 8.78 Å². The molecule has 28 heavy (non-hydrogen) atoms. The maximum atomic E-state index is 12.5. The van der Waals surface area contributed by atoms with Crippen molar-refractivity contribution in [3.05, 3.63) is 65.2 Å². The lowest BCUT2D eigenvalue weighted by Gasteiger charge is -2.11. The van der Waals surface area contributed by atoms with Gasteiger partial charge in [0.1, 0.15) is 11.5 Å². The summed E-state index contributed by atoms with van der Waals surface area (Å²) in [5, 5.41) is 0. The third-order valence-corrected chi connectivity index (χ3v) is 3.61. The van der Waals surface area contributed by atoms with Crippen molar-refractivity contribution in [1.29, 1.82) is 0 Å². The molecule has 0 saturated heterocycles. The number of ketones is 1. The molecule has 0 saturated carbocycles. The maximum absolute atomic E-state index is 12.5. The Balaban J connectivity index is 2.01. The van der Waals surface area contributed by atoms with Gasteiger partial charge in [-0.3, -0.25) is 4.79 Å². The second kappa shape index (κ2) is 10.2. The third kappa shape index (κ3) is 6.19. The minimum Gasteiger partial charge on any atom is -0.493 e. The summed E-state index contributed by atoms with van der Waals surface area (Å²) in [7, 11) is 0. The van der Waals surface area contributed by atoms with E-state index < -0.39 is 25.0 Å². The standard InChI is InChI=1S/C21H20F2O5/c1-3-26-18-7-5-4-6-15(18)9-11-20(25)27-13-17(24)16-12-14(2)8-10-19(16)28-21(22)23/h4-12,21H,3,13H2,1-2H3/b11-9+. The summed E-state index contributed by atoms with van der Waals surface area (Å²) in [6, 6.07) is 11.3. The monoisotopic (exact) mass is 390 g/mol. The summed E-state index contributed by atoms with van der Waals surface area (Å²) in [5.74, 6) is -1.04. The zero-order valence-corrected chi connectivity index (χ0v) is 15.5. The van der Waals surface area contributed by atoms with Gasteiger partial charge < -0.3 is 14.2 Å². The number of aryl methyl sites for hydroxylation is 1. The van der Waals surface area contributed by atoms with E-state index in [4.69, 9.17) is 9.47 Å². The van der Waals surface area contributed by atoms with Crippen molar-refractivity contribution in [3.8, 4) is 11.5 Å². The van der Waals surface area contributed by atoms with Gasteiger partial charge in [-0.25, -0.2) is 4.79 Å². The number of ether oxygens (including phenoxy) is 3. The van der Waals surface area contributed by atoms with Crippen molar-refractivity contribution in [2.24, 2.45) is 0 Å². The van der Waals surface area contributed by atoms with Crippen molar-refractivity contribution in [1.82, 2.24) is 0 Å². The van der Waals surface area contributed by atoms with E-state index in [2.05, 4.69) is 4.74 Å². The number of alkyl halides is 2. The van der Waals surface area contributed by atoms with E-state index in [0.29, 0.717) is 23.5 Å². The summed E-state index contributed by atoms with van der Waals surface area (Å²) in [6.45, 7) is 0.360. The molecule has 0 aromatic heterocycles. The van der Waals surface area contributed by atoms with Gasteiger partial charge in [0.05, 0.1) is 12.2 Å². The number of esters is 1. The fourth-order valence-corrected chi connectivity index (χ4v) is 2.39. The average molecular weight is 390 g/mol. The zero-order chi connectivity index (χ0) is 20.5. The highest BCUT2D eigenvalue weighted by atomic mass is 19.3. The highest BCUT2D eigenvalue weighted by Crippen LogP contribution is 2.23. The van der Waals surface area contributed by atoms with Crippen LogP contribution in [0.25, 0.3) is 6.08 Å². The Hall–Kier alpha value is -3.22. The molecule has 2 aromatic rings. The van der Waals surface area contributed by atoms with Gasteiger partial charge in [0.25, 0.3) is 0 Å². The SMILES string of the molecule is CCOc1ccccc1/C=C/C(=O)OCC(=O)c1cc(C)ccc1OC(F)F.